The molecule has 2 heterocycles. The van der Waals surface area contributed by atoms with E-state index in [2.05, 4.69) is 30.5 Å². The second-order valence-corrected chi connectivity index (χ2v) is 6.73. The van der Waals surface area contributed by atoms with Crippen molar-refractivity contribution in [2.45, 2.75) is 6.92 Å². The number of hydrogen-bond acceptors (Lipinski definition) is 8. The van der Waals surface area contributed by atoms with Gasteiger partial charge in [0.05, 0.1) is 20.3 Å². The van der Waals surface area contributed by atoms with Crippen LogP contribution in [0.25, 0.3) is 0 Å². The summed E-state index contributed by atoms with van der Waals surface area (Å²) in [5.74, 6) is 2.32. The number of halogens is 1. The van der Waals surface area contributed by atoms with E-state index in [9.17, 15) is 0 Å². The first-order valence-corrected chi connectivity index (χ1v) is 9.53. The lowest BCUT2D eigenvalue weighted by molar-refractivity contribution is 0.122. The molecule has 2 N–H and O–H groups in total. The van der Waals surface area contributed by atoms with Crippen LogP contribution in [-0.4, -0.2) is 48.4 Å². The van der Waals surface area contributed by atoms with E-state index >= 15 is 0 Å². The Balaban J connectivity index is 0.00000256. The number of benzene rings is 2. The molecule has 2 aromatic carbocycles. The van der Waals surface area contributed by atoms with Crippen molar-refractivity contribution >= 4 is 41.6 Å². The number of ether oxygens (including phenoxy) is 2. The minimum Gasteiger partial charge on any atom is -0.497 e. The molecule has 0 radical (unpaired) electrons. The average molecular weight is 429 g/mol. The zero-order chi connectivity index (χ0) is 20.1. The van der Waals surface area contributed by atoms with E-state index in [-0.39, 0.29) is 12.4 Å². The minimum atomic E-state index is 0. The molecular weight excluding hydrogens is 404 g/mol. The fourth-order valence-corrected chi connectivity index (χ4v) is 3.06. The number of anilines is 5. The van der Waals surface area contributed by atoms with Gasteiger partial charge in [-0.15, -0.1) is 12.4 Å². The Kier molecular flexibility index (Phi) is 7.26. The molecule has 0 aliphatic carbocycles. The van der Waals surface area contributed by atoms with Crippen LogP contribution in [0.1, 0.15) is 5.56 Å². The van der Waals surface area contributed by atoms with E-state index in [1.165, 1.54) is 0 Å². The molecule has 0 bridgehead atoms. The van der Waals surface area contributed by atoms with Crippen molar-refractivity contribution in [3.63, 3.8) is 0 Å². The summed E-state index contributed by atoms with van der Waals surface area (Å²) in [4.78, 5) is 15.9. The predicted octanol–water partition coefficient (Wildman–Crippen LogP) is 3.93. The Morgan fingerprint density at radius 2 is 1.53 bits per heavy atom. The molecule has 30 heavy (non-hydrogen) atoms. The summed E-state index contributed by atoms with van der Waals surface area (Å²) in [5.41, 5.74) is 2.92. The van der Waals surface area contributed by atoms with Crippen LogP contribution in [0.4, 0.5) is 29.2 Å². The van der Waals surface area contributed by atoms with Crippen molar-refractivity contribution in [2.24, 2.45) is 0 Å². The highest BCUT2D eigenvalue weighted by molar-refractivity contribution is 5.85. The third kappa shape index (κ3) is 5.49. The Morgan fingerprint density at radius 3 is 2.17 bits per heavy atom. The molecule has 9 heteroatoms. The number of nitrogens with zero attached hydrogens (tertiary/aromatic N) is 4. The molecule has 0 unspecified atom stereocenters. The van der Waals surface area contributed by atoms with Gasteiger partial charge in [0.15, 0.2) is 0 Å². The molecule has 1 saturated heterocycles. The summed E-state index contributed by atoms with van der Waals surface area (Å²) in [6.07, 6.45) is 0. The number of methoxy groups -OCH3 is 1. The maximum Gasteiger partial charge on any atom is 0.233 e. The molecule has 1 aliphatic rings. The van der Waals surface area contributed by atoms with E-state index in [4.69, 9.17) is 9.47 Å². The molecule has 0 spiro atoms. The number of morpholine rings is 1. The zero-order valence-electron chi connectivity index (χ0n) is 17.0. The molecular formula is C21H25ClN6O2. The maximum atomic E-state index is 5.45. The lowest BCUT2D eigenvalue weighted by Gasteiger charge is -2.27. The lowest BCUT2D eigenvalue weighted by atomic mass is 10.2. The first kappa shape index (κ1) is 21.6. The van der Waals surface area contributed by atoms with Gasteiger partial charge >= 0.3 is 0 Å². The SMILES string of the molecule is COc1cccc(Nc2nc(Nc3cccc(C)c3)nc(N3CCOCC3)n2)c1.Cl. The molecule has 158 valence electrons. The smallest absolute Gasteiger partial charge is 0.233 e. The van der Waals surface area contributed by atoms with Crippen LogP contribution in [-0.2, 0) is 4.74 Å². The standard InChI is InChI=1S/C21H24N6O2.ClH/c1-15-5-3-6-16(13-15)22-19-24-20(23-17-7-4-8-18(14-17)28-2)26-21(25-19)27-9-11-29-12-10-27;/h3-8,13-14H,9-12H2,1-2H3,(H2,22,23,24,25,26);1H. The van der Waals surface area contributed by atoms with Gasteiger partial charge in [-0.25, -0.2) is 0 Å². The molecule has 1 aromatic heterocycles. The van der Waals surface area contributed by atoms with Crippen molar-refractivity contribution in [3.8, 4) is 5.75 Å². The summed E-state index contributed by atoms with van der Waals surface area (Å²) in [7, 11) is 1.64. The van der Waals surface area contributed by atoms with Crippen molar-refractivity contribution in [2.75, 3.05) is 48.9 Å². The summed E-state index contributed by atoms with van der Waals surface area (Å²) >= 11 is 0. The fourth-order valence-electron chi connectivity index (χ4n) is 3.06. The summed E-state index contributed by atoms with van der Waals surface area (Å²) < 4.78 is 10.8. The predicted molar refractivity (Wildman–Crippen MR) is 121 cm³/mol. The van der Waals surface area contributed by atoms with Crippen molar-refractivity contribution in [1.29, 1.82) is 0 Å². The Bertz CT molecular complexity index is 981. The Labute approximate surface area is 182 Å². The van der Waals surface area contributed by atoms with Gasteiger partial charge in [0.1, 0.15) is 5.75 Å². The normalized spacial score (nSPS) is 13.3. The topological polar surface area (TPSA) is 84.4 Å². The van der Waals surface area contributed by atoms with Gasteiger partial charge in [-0.1, -0.05) is 18.2 Å². The third-order valence-corrected chi connectivity index (χ3v) is 4.52. The van der Waals surface area contributed by atoms with E-state index in [0.29, 0.717) is 31.1 Å². The Morgan fingerprint density at radius 1 is 0.900 bits per heavy atom. The van der Waals surface area contributed by atoms with Crippen molar-refractivity contribution in [3.05, 3.63) is 54.1 Å². The first-order chi connectivity index (χ1) is 14.2. The molecule has 0 saturated carbocycles. The van der Waals surface area contributed by atoms with Gasteiger partial charge in [-0.2, -0.15) is 15.0 Å². The first-order valence-electron chi connectivity index (χ1n) is 9.53. The quantitative estimate of drug-likeness (QED) is 0.610. The van der Waals surface area contributed by atoms with Crippen LogP contribution in [0.3, 0.4) is 0 Å². The summed E-state index contributed by atoms with van der Waals surface area (Å²) in [6, 6.07) is 15.7. The van der Waals surface area contributed by atoms with Crippen LogP contribution in [0, 0.1) is 6.92 Å². The van der Waals surface area contributed by atoms with Crippen molar-refractivity contribution < 1.29 is 9.47 Å². The number of aromatic nitrogens is 3. The van der Waals surface area contributed by atoms with Gasteiger partial charge in [0.25, 0.3) is 0 Å². The molecule has 4 rings (SSSR count). The number of nitrogens with one attached hydrogen (secondary N) is 2. The zero-order valence-corrected chi connectivity index (χ0v) is 17.8. The third-order valence-electron chi connectivity index (χ3n) is 4.52. The monoisotopic (exact) mass is 428 g/mol. The molecule has 3 aromatic rings. The lowest BCUT2D eigenvalue weighted by Crippen LogP contribution is -2.37. The van der Waals surface area contributed by atoms with E-state index in [1.807, 2.05) is 55.5 Å². The fraction of sp³-hybridized carbons (Fsp3) is 0.286. The van der Waals surface area contributed by atoms with Crippen LogP contribution < -0.4 is 20.3 Å². The molecule has 8 nitrogen and oxygen atoms in total. The van der Waals surface area contributed by atoms with E-state index in [1.54, 1.807) is 7.11 Å². The highest BCUT2D eigenvalue weighted by atomic mass is 35.5. The Hall–Kier alpha value is -3.10. The van der Waals surface area contributed by atoms with Crippen molar-refractivity contribution in [1.82, 2.24) is 15.0 Å². The second kappa shape index (κ2) is 10.1. The van der Waals surface area contributed by atoms with Crippen LogP contribution in [0.2, 0.25) is 0 Å². The maximum absolute atomic E-state index is 5.45. The van der Waals surface area contributed by atoms with Gasteiger partial charge in [-0.05, 0) is 36.8 Å². The van der Waals surface area contributed by atoms with Crippen LogP contribution in [0.15, 0.2) is 48.5 Å². The van der Waals surface area contributed by atoms with Crippen LogP contribution >= 0.6 is 12.4 Å². The molecule has 0 amide bonds. The highest BCUT2D eigenvalue weighted by Gasteiger charge is 2.17. The van der Waals surface area contributed by atoms with E-state index < -0.39 is 0 Å². The minimum absolute atomic E-state index is 0. The molecule has 0 atom stereocenters. The molecule has 1 fully saturated rings. The average Bonchev–Trinajstić information content (AvgIpc) is 2.74. The number of rotatable bonds is 6. The highest BCUT2D eigenvalue weighted by Crippen LogP contribution is 2.23. The summed E-state index contributed by atoms with van der Waals surface area (Å²) in [6.45, 7) is 4.85. The largest absolute Gasteiger partial charge is 0.497 e. The van der Waals surface area contributed by atoms with Gasteiger partial charge < -0.3 is 25.0 Å². The number of aryl methyl sites for hydroxylation is 1. The van der Waals surface area contributed by atoms with Gasteiger partial charge in [0.2, 0.25) is 17.8 Å². The van der Waals surface area contributed by atoms with Crippen LogP contribution in [0.5, 0.6) is 5.75 Å². The number of hydrogen-bond donors (Lipinski definition) is 2. The summed E-state index contributed by atoms with van der Waals surface area (Å²) in [5, 5.41) is 6.54. The van der Waals surface area contributed by atoms with E-state index in [0.717, 1.165) is 35.8 Å². The van der Waals surface area contributed by atoms with Gasteiger partial charge in [-0.3, -0.25) is 0 Å². The molecule has 1 aliphatic heterocycles. The second-order valence-electron chi connectivity index (χ2n) is 6.73. The van der Waals surface area contributed by atoms with Gasteiger partial charge in [0, 0.05) is 30.5 Å².